The normalized spacial score (nSPS) is 17.0. The number of aromatic nitrogens is 1. The van der Waals surface area contributed by atoms with Gasteiger partial charge in [-0.25, -0.2) is 0 Å². The van der Waals surface area contributed by atoms with E-state index in [1.807, 2.05) is 18.2 Å². The van der Waals surface area contributed by atoms with Crippen molar-refractivity contribution in [2.75, 3.05) is 46.4 Å². The van der Waals surface area contributed by atoms with Crippen LogP contribution in [0.25, 0.3) is 6.08 Å². The lowest BCUT2D eigenvalue weighted by atomic mass is 10.1. The number of pyridine rings is 1. The van der Waals surface area contributed by atoms with Crippen LogP contribution in [0.4, 0.5) is 0 Å². The molecule has 1 aromatic carbocycles. The molecule has 1 saturated heterocycles. The van der Waals surface area contributed by atoms with Crippen molar-refractivity contribution in [1.82, 2.24) is 19.7 Å². The van der Waals surface area contributed by atoms with Crippen LogP contribution in [-0.2, 0) is 17.8 Å². The maximum Gasteiger partial charge on any atom is 0.259 e. The largest absolute Gasteiger partial charge is 0.496 e. The molecule has 2 aliphatic heterocycles. The number of hydrogen-bond acceptors (Lipinski definition) is 5. The van der Waals surface area contributed by atoms with Gasteiger partial charge >= 0.3 is 0 Å². The summed E-state index contributed by atoms with van der Waals surface area (Å²) in [6.45, 7) is 3.54. The molecule has 168 valence electrons. The number of piperazine rings is 1. The first-order chi connectivity index (χ1) is 15.6. The minimum Gasteiger partial charge on any atom is -0.496 e. The maximum atomic E-state index is 13.4. The fourth-order valence-electron chi connectivity index (χ4n) is 4.24. The molecule has 8 heteroatoms. The van der Waals surface area contributed by atoms with Crippen LogP contribution in [0.1, 0.15) is 21.6 Å². The highest BCUT2D eigenvalue weighted by Crippen LogP contribution is 2.25. The van der Waals surface area contributed by atoms with Gasteiger partial charge in [-0.15, -0.1) is 0 Å². The average molecular weight is 437 g/mol. The van der Waals surface area contributed by atoms with Crippen LogP contribution in [0, 0.1) is 0 Å². The molecule has 3 heterocycles. The number of fused-ring (bicyclic) bond motifs is 1. The van der Waals surface area contributed by atoms with Crippen LogP contribution >= 0.6 is 0 Å². The van der Waals surface area contributed by atoms with Gasteiger partial charge in [0.2, 0.25) is 5.91 Å². The van der Waals surface area contributed by atoms with Gasteiger partial charge in [0.05, 0.1) is 13.7 Å². The molecule has 0 aliphatic carbocycles. The van der Waals surface area contributed by atoms with Crippen LogP contribution in [0.5, 0.6) is 5.75 Å². The number of carbonyl (C=O) groups is 2. The van der Waals surface area contributed by atoms with Crippen molar-refractivity contribution in [1.29, 1.82) is 0 Å². The summed E-state index contributed by atoms with van der Waals surface area (Å²) in [5.74, 6) is -0.174. The quantitative estimate of drug-likeness (QED) is 0.756. The molecule has 2 amide bonds. The Morgan fingerprint density at radius 1 is 1.12 bits per heavy atom. The van der Waals surface area contributed by atoms with Crippen molar-refractivity contribution >= 4 is 17.9 Å². The van der Waals surface area contributed by atoms with E-state index < -0.39 is 0 Å². The smallest absolute Gasteiger partial charge is 0.259 e. The van der Waals surface area contributed by atoms with E-state index in [0.29, 0.717) is 50.4 Å². The van der Waals surface area contributed by atoms with Crippen molar-refractivity contribution in [3.63, 3.8) is 0 Å². The molecule has 32 heavy (non-hydrogen) atoms. The third-order valence-electron chi connectivity index (χ3n) is 5.92. The summed E-state index contributed by atoms with van der Waals surface area (Å²) >= 11 is 0. The Morgan fingerprint density at radius 2 is 1.94 bits per heavy atom. The molecule has 0 bridgehead atoms. The van der Waals surface area contributed by atoms with Gasteiger partial charge < -0.3 is 19.5 Å². The first kappa shape index (κ1) is 21.8. The summed E-state index contributed by atoms with van der Waals surface area (Å²) in [6.07, 6.45) is 4.75. The van der Waals surface area contributed by atoms with E-state index in [4.69, 9.17) is 4.74 Å². The fourth-order valence-corrected chi connectivity index (χ4v) is 4.24. The Balaban J connectivity index is 1.56. The van der Waals surface area contributed by atoms with Crippen molar-refractivity contribution in [2.45, 2.75) is 13.0 Å². The number of benzene rings is 1. The minimum absolute atomic E-state index is 0.0109. The van der Waals surface area contributed by atoms with Gasteiger partial charge in [0.1, 0.15) is 11.3 Å². The predicted molar refractivity (Wildman–Crippen MR) is 122 cm³/mol. The molecular formula is C24H28N4O4. The number of nitrogens with zero attached hydrogens (tertiary/aromatic N) is 3. The molecule has 4 rings (SSSR count). The molecule has 0 saturated carbocycles. The van der Waals surface area contributed by atoms with Gasteiger partial charge in [0.25, 0.3) is 11.5 Å². The lowest BCUT2D eigenvalue weighted by molar-refractivity contribution is -0.123. The predicted octanol–water partition coefficient (Wildman–Crippen LogP) is 1.00. The van der Waals surface area contributed by atoms with E-state index in [-0.39, 0.29) is 29.7 Å². The van der Waals surface area contributed by atoms with E-state index in [1.165, 1.54) is 18.1 Å². The monoisotopic (exact) mass is 436 g/mol. The lowest BCUT2D eigenvalue weighted by Crippen LogP contribution is -2.50. The molecule has 0 radical (unpaired) electrons. The summed E-state index contributed by atoms with van der Waals surface area (Å²) in [6, 6.07) is 11.5. The summed E-state index contributed by atoms with van der Waals surface area (Å²) in [5, 5.41) is 2.73. The van der Waals surface area contributed by atoms with Crippen molar-refractivity contribution in [2.24, 2.45) is 0 Å². The Bertz CT molecular complexity index is 1080. The average Bonchev–Trinajstić information content (AvgIpc) is 3.02. The molecule has 0 atom stereocenters. The highest BCUT2D eigenvalue weighted by Gasteiger charge is 2.30. The first-order valence-corrected chi connectivity index (χ1v) is 10.9. The van der Waals surface area contributed by atoms with Gasteiger partial charge in [-0.3, -0.25) is 19.3 Å². The number of ether oxygens (including phenoxy) is 1. The highest BCUT2D eigenvalue weighted by molar-refractivity contribution is 6.00. The number of hydrogen-bond donors (Lipinski definition) is 1. The van der Waals surface area contributed by atoms with Gasteiger partial charge in [-0.1, -0.05) is 42.5 Å². The van der Waals surface area contributed by atoms with Crippen LogP contribution in [0.15, 0.2) is 47.3 Å². The minimum atomic E-state index is -0.266. The summed E-state index contributed by atoms with van der Waals surface area (Å²) < 4.78 is 7.11. The number of nitrogens with one attached hydrogen (secondary N) is 1. The second-order valence-electron chi connectivity index (χ2n) is 7.96. The van der Waals surface area contributed by atoms with E-state index in [9.17, 15) is 14.4 Å². The lowest BCUT2D eigenvalue weighted by Gasteiger charge is -2.28. The third kappa shape index (κ3) is 4.75. The van der Waals surface area contributed by atoms with Gasteiger partial charge in [0.15, 0.2) is 0 Å². The zero-order valence-corrected chi connectivity index (χ0v) is 18.3. The SMILES string of the molecule is COc1cc(=O)n2c(c1C(=O)N1CCNC(=O)C1)CCN(C/C=C/c1ccccc1)CC2. The zero-order chi connectivity index (χ0) is 22.5. The van der Waals surface area contributed by atoms with E-state index in [1.54, 1.807) is 4.57 Å². The van der Waals surface area contributed by atoms with E-state index in [2.05, 4.69) is 34.5 Å². The number of amides is 2. The molecule has 0 spiro atoms. The van der Waals surface area contributed by atoms with Crippen LogP contribution in [0.2, 0.25) is 0 Å². The van der Waals surface area contributed by atoms with Crippen LogP contribution in [0.3, 0.4) is 0 Å². The second kappa shape index (κ2) is 9.82. The molecule has 1 fully saturated rings. The molecule has 1 aromatic heterocycles. The Kier molecular flexibility index (Phi) is 6.70. The topological polar surface area (TPSA) is 83.9 Å². The maximum absolute atomic E-state index is 13.4. The van der Waals surface area contributed by atoms with Gasteiger partial charge in [0, 0.05) is 57.4 Å². The molecule has 8 nitrogen and oxygen atoms in total. The number of rotatable bonds is 5. The summed E-state index contributed by atoms with van der Waals surface area (Å²) in [4.78, 5) is 41.7. The Labute approximate surface area is 187 Å². The van der Waals surface area contributed by atoms with Crippen molar-refractivity contribution in [3.8, 4) is 5.75 Å². The number of carbonyl (C=O) groups excluding carboxylic acids is 2. The fraction of sp³-hybridized carbons (Fsp3) is 0.375. The van der Waals surface area contributed by atoms with Gasteiger partial charge in [-0.2, -0.15) is 0 Å². The van der Waals surface area contributed by atoms with Crippen LogP contribution in [-0.4, -0.2) is 72.6 Å². The standard InChI is InChI=1S/C24H28N4O4/c1-32-20-16-22(30)28-15-14-26(11-5-8-18-6-3-2-4-7-18)12-9-19(28)23(20)24(31)27-13-10-25-21(29)17-27/h2-8,16H,9-15,17H2,1H3,(H,25,29)/b8-5+. The molecule has 2 aromatic rings. The number of methoxy groups -OCH3 is 1. The van der Waals surface area contributed by atoms with E-state index >= 15 is 0 Å². The van der Waals surface area contributed by atoms with Crippen molar-refractivity contribution < 1.29 is 14.3 Å². The summed E-state index contributed by atoms with van der Waals surface area (Å²) in [5.41, 5.74) is 2.04. The molecule has 2 aliphatic rings. The second-order valence-corrected chi connectivity index (χ2v) is 7.96. The molecule has 1 N–H and O–H groups in total. The third-order valence-corrected chi connectivity index (χ3v) is 5.92. The summed E-state index contributed by atoms with van der Waals surface area (Å²) in [7, 11) is 1.46. The Hall–Kier alpha value is -3.39. The zero-order valence-electron chi connectivity index (χ0n) is 18.3. The molecular weight excluding hydrogens is 408 g/mol. The van der Waals surface area contributed by atoms with Crippen molar-refractivity contribution in [3.05, 3.63) is 69.6 Å². The Morgan fingerprint density at radius 3 is 2.69 bits per heavy atom. The van der Waals surface area contributed by atoms with Crippen LogP contribution < -0.4 is 15.6 Å². The van der Waals surface area contributed by atoms with Gasteiger partial charge in [-0.05, 0) is 5.56 Å². The first-order valence-electron chi connectivity index (χ1n) is 10.9. The van der Waals surface area contributed by atoms with E-state index in [0.717, 1.165) is 12.1 Å². The molecule has 0 unspecified atom stereocenters. The highest BCUT2D eigenvalue weighted by atomic mass is 16.5.